The summed E-state index contributed by atoms with van der Waals surface area (Å²) < 4.78 is 73.4. The number of carboxylic acids is 1. The molecule has 0 saturated carbocycles. The third-order valence-electron chi connectivity index (χ3n) is 4.53. The van der Waals surface area contributed by atoms with Gasteiger partial charge in [-0.2, -0.15) is 22.0 Å². The van der Waals surface area contributed by atoms with Gasteiger partial charge < -0.3 is 14.6 Å². The maximum Gasteiger partial charge on any atom is 0.499 e. The summed E-state index contributed by atoms with van der Waals surface area (Å²) in [7, 11) is 1.35. The van der Waals surface area contributed by atoms with Crippen LogP contribution in [0.4, 0.5) is 22.0 Å². The lowest BCUT2D eigenvalue weighted by atomic mass is 10.1. The minimum absolute atomic E-state index is 0.0649. The van der Waals surface area contributed by atoms with Gasteiger partial charge in [-0.05, 0) is 24.6 Å². The first kappa shape index (κ1) is 23.8. The van der Waals surface area contributed by atoms with Gasteiger partial charge in [0.2, 0.25) is 0 Å². The smallest absolute Gasteiger partial charge is 0.495 e. The Morgan fingerprint density at radius 3 is 2.44 bits per heavy atom. The zero-order valence-corrected chi connectivity index (χ0v) is 17.8. The van der Waals surface area contributed by atoms with Crippen molar-refractivity contribution in [3.63, 3.8) is 0 Å². The molecule has 0 spiro atoms. The second-order valence-electron chi connectivity index (χ2n) is 6.52. The standard InChI is InChI=1S/C19H13ClF5NO5S/c1-8-10(6-13(27)28)15-11(3-4-12(30-2)16(15)20)26(8)17(29)9-5-14(32-7-9)31-19(24,25)18(21,22)23/h3-5,7H,6H2,1-2H3,(H,27,28). The molecule has 0 saturated heterocycles. The van der Waals surface area contributed by atoms with Crippen LogP contribution in [0.5, 0.6) is 10.8 Å². The monoisotopic (exact) mass is 497 g/mol. The molecule has 0 amide bonds. The number of thiophene rings is 1. The van der Waals surface area contributed by atoms with Crippen LogP contribution in [0.15, 0.2) is 23.6 Å². The summed E-state index contributed by atoms with van der Waals surface area (Å²) in [5.41, 5.74) is 0.400. The first-order valence-electron chi connectivity index (χ1n) is 8.63. The number of halogens is 6. The molecule has 6 nitrogen and oxygen atoms in total. The highest BCUT2D eigenvalue weighted by molar-refractivity contribution is 7.12. The number of aromatic nitrogens is 1. The minimum Gasteiger partial charge on any atom is -0.495 e. The van der Waals surface area contributed by atoms with Gasteiger partial charge in [0.1, 0.15) is 5.75 Å². The number of hydrogen-bond acceptors (Lipinski definition) is 5. The quantitative estimate of drug-likeness (QED) is 0.454. The van der Waals surface area contributed by atoms with E-state index >= 15 is 0 Å². The number of ether oxygens (including phenoxy) is 2. The highest BCUT2D eigenvalue weighted by Crippen LogP contribution is 2.41. The van der Waals surface area contributed by atoms with E-state index in [0.29, 0.717) is 11.3 Å². The van der Waals surface area contributed by atoms with E-state index in [-0.39, 0.29) is 38.5 Å². The highest BCUT2D eigenvalue weighted by atomic mass is 35.5. The Bertz CT molecular complexity index is 1220. The number of carbonyl (C=O) groups is 2. The predicted molar refractivity (Wildman–Crippen MR) is 105 cm³/mol. The minimum atomic E-state index is -5.93. The third kappa shape index (κ3) is 4.11. The van der Waals surface area contributed by atoms with Crippen molar-refractivity contribution in [1.29, 1.82) is 0 Å². The molecule has 3 rings (SSSR count). The number of alkyl halides is 5. The number of aliphatic carboxylic acids is 1. The Kier molecular flexibility index (Phi) is 6.13. The van der Waals surface area contributed by atoms with Crippen molar-refractivity contribution in [2.75, 3.05) is 7.11 Å². The predicted octanol–water partition coefficient (Wildman–Crippen LogP) is 5.52. The number of rotatable bonds is 6. The molecule has 1 aromatic carbocycles. The lowest BCUT2D eigenvalue weighted by molar-refractivity contribution is -0.359. The van der Waals surface area contributed by atoms with Gasteiger partial charge in [0, 0.05) is 22.5 Å². The van der Waals surface area contributed by atoms with Crippen LogP contribution in [0.25, 0.3) is 10.9 Å². The van der Waals surface area contributed by atoms with Crippen molar-refractivity contribution in [2.45, 2.75) is 25.6 Å². The Hall–Kier alpha value is -2.86. The Morgan fingerprint density at radius 1 is 1.22 bits per heavy atom. The van der Waals surface area contributed by atoms with Gasteiger partial charge in [0.05, 0.1) is 29.6 Å². The molecule has 2 aromatic heterocycles. The number of nitrogens with zero attached hydrogens (tertiary/aromatic N) is 1. The number of hydrogen-bond donors (Lipinski definition) is 1. The van der Waals surface area contributed by atoms with Crippen LogP contribution in [-0.4, -0.2) is 40.9 Å². The first-order chi connectivity index (χ1) is 14.8. The molecular formula is C19H13ClF5NO5S. The van der Waals surface area contributed by atoms with Crippen molar-refractivity contribution in [3.05, 3.63) is 45.4 Å². The van der Waals surface area contributed by atoms with Crippen LogP contribution in [0.3, 0.4) is 0 Å². The van der Waals surface area contributed by atoms with Crippen LogP contribution in [0.2, 0.25) is 5.02 Å². The Labute approximate surface area is 185 Å². The van der Waals surface area contributed by atoms with E-state index in [1.165, 1.54) is 26.2 Å². The molecule has 0 radical (unpaired) electrons. The van der Waals surface area contributed by atoms with Gasteiger partial charge >= 0.3 is 18.3 Å². The first-order valence-corrected chi connectivity index (χ1v) is 9.89. The molecule has 0 unspecified atom stereocenters. The molecule has 2 heterocycles. The molecule has 0 atom stereocenters. The average molecular weight is 498 g/mol. The summed E-state index contributed by atoms with van der Waals surface area (Å²) in [6.45, 7) is 1.46. The lowest BCUT2D eigenvalue weighted by Gasteiger charge is -2.18. The number of fused-ring (bicyclic) bond motifs is 1. The third-order valence-corrected chi connectivity index (χ3v) is 5.71. The summed E-state index contributed by atoms with van der Waals surface area (Å²) in [4.78, 5) is 24.5. The van der Waals surface area contributed by atoms with Crippen LogP contribution in [0.1, 0.15) is 21.6 Å². The number of carbonyl (C=O) groups excluding carboxylic acids is 1. The summed E-state index contributed by atoms with van der Waals surface area (Å²) in [6.07, 6.45) is -11.9. The maximum absolute atomic E-state index is 13.1. The van der Waals surface area contributed by atoms with Gasteiger partial charge in [-0.15, -0.1) is 11.3 Å². The fourth-order valence-corrected chi connectivity index (χ4v) is 4.21. The van der Waals surface area contributed by atoms with E-state index in [4.69, 9.17) is 16.3 Å². The molecule has 1 N–H and O–H groups in total. The zero-order chi connectivity index (χ0) is 24.0. The molecule has 0 fully saturated rings. The van der Waals surface area contributed by atoms with E-state index in [0.717, 1.165) is 16.0 Å². The van der Waals surface area contributed by atoms with Crippen molar-refractivity contribution in [2.24, 2.45) is 0 Å². The van der Waals surface area contributed by atoms with E-state index in [2.05, 4.69) is 4.74 Å². The number of benzene rings is 1. The van der Waals surface area contributed by atoms with Crippen molar-refractivity contribution >= 4 is 45.7 Å². The molecule has 13 heteroatoms. The van der Waals surface area contributed by atoms with Gasteiger partial charge in [-0.3, -0.25) is 14.2 Å². The van der Waals surface area contributed by atoms with E-state index in [1.54, 1.807) is 0 Å². The van der Waals surface area contributed by atoms with Gasteiger partial charge in [-0.1, -0.05) is 11.6 Å². The largest absolute Gasteiger partial charge is 0.499 e. The Balaban J connectivity index is 2.10. The van der Waals surface area contributed by atoms with Crippen molar-refractivity contribution in [3.8, 4) is 10.8 Å². The van der Waals surface area contributed by atoms with Crippen LogP contribution in [-0.2, 0) is 11.2 Å². The summed E-state index contributed by atoms with van der Waals surface area (Å²) in [5, 5.41) is 9.80. The fourth-order valence-electron chi connectivity index (χ4n) is 3.10. The average Bonchev–Trinajstić information content (AvgIpc) is 3.23. The topological polar surface area (TPSA) is 77.8 Å². The second-order valence-corrected chi connectivity index (χ2v) is 7.77. The maximum atomic E-state index is 13.1. The molecule has 0 aliphatic rings. The normalized spacial score (nSPS) is 12.2. The van der Waals surface area contributed by atoms with Gasteiger partial charge in [0.15, 0.2) is 5.06 Å². The second kappa shape index (κ2) is 8.24. The Morgan fingerprint density at radius 2 is 1.88 bits per heavy atom. The molecule has 172 valence electrons. The molecule has 0 bridgehead atoms. The van der Waals surface area contributed by atoms with Crippen molar-refractivity contribution < 1.29 is 46.1 Å². The molecule has 32 heavy (non-hydrogen) atoms. The summed E-state index contributed by atoms with van der Waals surface area (Å²) >= 11 is 6.71. The van der Waals surface area contributed by atoms with E-state index in [9.17, 15) is 36.6 Å². The number of methoxy groups -OCH3 is 1. The molecular weight excluding hydrogens is 485 g/mol. The fraction of sp³-hybridized carbons (Fsp3) is 0.263. The van der Waals surface area contributed by atoms with Crippen LogP contribution >= 0.6 is 22.9 Å². The van der Waals surface area contributed by atoms with E-state index in [1.807, 2.05) is 0 Å². The summed E-state index contributed by atoms with van der Waals surface area (Å²) in [5.74, 6) is -1.76. The summed E-state index contributed by atoms with van der Waals surface area (Å²) in [6, 6.07) is 3.66. The van der Waals surface area contributed by atoms with Gasteiger partial charge in [-0.25, -0.2) is 0 Å². The number of carboxylic acid groups (broad SMARTS) is 1. The van der Waals surface area contributed by atoms with Crippen molar-refractivity contribution in [1.82, 2.24) is 4.57 Å². The van der Waals surface area contributed by atoms with Crippen LogP contribution < -0.4 is 9.47 Å². The van der Waals surface area contributed by atoms with Gasteiger partial charge in [0.25, 0.3) is 5.91 Å². The molecule has 0 aliphatic heterocycles. The van der Waals surface area contributed by atoms with Crippen LogP contribution in [0, 0.1) is 6.92 Å². The van der Waals surface area contributed by atoms with E-state index < -0.39 is 35.6 Å². The lowest BCUT2D eigenvalue weighted by Crippen LogP contribution is -2.41. The zero-order valence-electron chi connectivity index (χ0n) is 16.2. The highest BCUT2D eigenvalue weighted by Gasteiger charge is 2.61. The molecule has 3 aromatic rings. The molecule has 0 aliphatic carbocycles. The SMILES string of the molecule is COc1ccc2c(c1Cl)c(CC(=O)O)c(C)n2C(=O)c1csc(OC(F)(F)C(F)(F)F)c1.